The summed E-state index contributed by atoms with van der Waals surface area (Å²) in [5, 5.41) is 3.51. The maximum Gasteiger partial charge on any atom is 0.0130 e. The van der Waals surface area contributed by atoms with E-state index in [0.717, 1.165) is 0 Å². The molecular formula is C9H24N2O. The highest BCUT2D eigenvalue weighted by Crippen LogP contribution is 2.34. The second-order valence-corrected chi connectivity index (χ2v) is 4.90. The maximum atomic E-state index is 3.51. The molecule has 1 rings (SSSR count). The molecule has 0 radical (unpaired) electrons. The summed E-state index contributed by atoms with van der Waals surface area (Å²) in [7, 11) is 0. The van der Waals surface area contributed by atoms with Crippen LogP contribution in [-0.4, -0.2) is 17.6 Å². The Morgan fingerprint density at radius 3 is 1.83 bits per heavy atom. The fourth-order valence-corrected chi connectivity index (χ4v) is 2.09. The zero-order valence-corrected chi connectivity index (χ0v) is 8.83. The van der Waals surface area contributed by atoms with E-state index in [2.05, 4.69) is 33.0 Å². The van der Waals surface area contributed by atoms with Crippen LogP contribution in [0.4, 0.5) is 0 Å². The number of hydrogen-bond acceptors (Lipinski definition) is 2. The summed E-state index contributed by atoms with van der Waals surface area (Å²) in [4.78, 5) is 0. The van der Waals surface area contributed by atoms with Gasteiger partial charge in [-0.2, -0.15) is 0 Å². The fraction of sp³-hybridized carbons (Fsp3) is 1.00. The van der Waals surface area contributed by atoms with Gasteiger partial charge in [-0.3, -0.25) is 0 Å². The minimum absolute atomic E-state index is 0. The Morgan fingerprint density at radius 2 is 1.58 bits per heavy atom. The minimum atomic E-state index is 0. The molecule has 0 bridgehead atoms. The third-order valence-corrected chi connectivity index (χ3v) is 2.33. The summed E-state index contributed by atoms with van der Waals surface area (Å²) >= 11 is 0. The first-order valence-corrected chi connectivity index (χ1v) is 4.16. The molecule has 1 saturated heterocycles. The molecular weight excluding hydrogens is 152 g/mol. The van der Waals surface area contributed by atoms with Crippen molar-refractivity contribution in [3.8, 4) is 0 Å². The first-order chi connectivity index (χ1) is 4.41. The van der Waals surface area contributed by atoms with Gasteiger partial charge in [-0.25, -0.2) is 0 Å². The quantitative estimate of drug-likeness (QED) is 0.587. The van der Waals surface area contributed by atoms with Crippen LogP contribution >= 0.6 is 0 Å². The molecule has 1 fully saturated rings. The van der Waals surface area contributed by atoms with E-state index in [1.54, 1.807) is 0 Å². The summed E-state index contributed by atoms with van der Waals surface area (Å²) in [6.45, 7) is 10.5. The Balaban J connectivity index is 0. The second kappa shape index (κ2) is 4.21. The van der Waals surface area contributed by atoms with Gasteiger partial charge in [0.25, 0.3) is 0 Å². The molecule has 0 aliphatic carbocycles. The molecule has 0 unspecified atom stereocenters. The Morgan fingerprint density at radius 1 is 1.08 bits per heavy atom. The van der Waals surface area contributed by atoms with Gasteiger partial charge in [0.15, 0.2) is 0 Å². The summed E-state index contributed by atoms with van der Waals surface area (Å²) in [6, 6.07) is 0. The first kappa shape index (κ1) is 14.4. The fourth-order valence-electron chi connectivity index (χ4n) is 2.09. The van der Waals surface area contributed by atoms with Crippen molar-refractivity contribution >= 4 is 0 Å². The lowest BCUT2D eigenvalue weighted by atomic mass is 9.75. The summed E-state index contributed by atoms with van der Waals surface area (Å²) in [5.41, 5.74) is 0.913. The molecule has 6 N–H and O–H groups in total. The predicted molar refractivity (Wildman–Crippen MR) is 53.7 cm³/mol. The molecule has 0 amide bonds. The van der Waals surface area contributed by atoms with Crippen LogP contribution < -0.4 is 11.5 Å². The molecule has 0 aromatic heterocycles. The molecule has 76 valence electrons. The van der Waals surface area contributed by atoms with E-state index in [1.165, 1.54) is 19.4 Å². The van der Waals surface area contributed by atoms with Crippen molar-refractivity contribution in [3.63, 3.8) is 0 Å². The number of hydrogen-bond donors (Lipinski definition) is 2. The van der Waals surface area contributed by atoms with E-state index in [-0.39, 0.29) is 11.6 Å². The van der Waals surface area contributed by atoms with E-state index < -0.39 is 0 Å². The van der Waals surface area contributed by atoms with E-state index in [9.17, 15) is 0 Å². The van der Waals surface area contributed by atoms with E-state index in [0.29, 0.717) is 11.0 Å². The van der Waals surface area contributed by atoms with Crippen LogP contribution in [-0.2, 0) is 0 Å². The summed E-state index contributed by atoms with van der Waals surface area (Å²) < 4.78 is 0. The lowest BCUT2D eigenvalue weighted by Gasteiger charge is -2.41. The maximum absolute atomic E-state index is 3.51. The monoisotopic (exact) mass is 176 g/mol. The van der Waals surface area contributed by atoms with Crippen LogP contribution in [0.5, 0.6) is 0 Å². The van der Waals surface area contributed by atoms with E-state index in [1.807, 2.05) is 0 Å². The second-order valence-electron chi connectivity index (χ2n) is 4.90. The third kappa shape index (κ3) is 4.04. The van der Waals surface area contributed by atoms with Crippen molar-refractivity contribution in [1.82, 2.24) is 11.5 Å². The topological polar surface area (TPSA) is 78.5 Å². The highest BCUT2D eigenvalue weighted by molar-refractivity contribution is 4.90. The molecule has 0 aromatic rings. The smallest absolute Gasteiger partial charge is 0.0130 e. The van der Waals surface area contributed by atoms with Gasteiger partial charge >= 0.3 is 0 Å². The first-order valence-electron chi connectivity index (χ1n) is 4.16. The Hall–Kier alpha value is -0.120. The zero-order valence-electron chi connectivity index (χ0n) is 8.83. The van der Waals surface area contributed by atoms with Crippen LogP contribution in [0.25, 0.3) is 0 Å². The van der Waals surface area contributed by atoms with Gasteiger partial charge in [0.05, 0.1) is 0 Å². The van der Waals surface area contributed by atoms with Crippen LogP contribution in [0.15, 0.2) is 0 Å². The van der Waals surface area contributed by atoms with Gasteiger partial charge < -0.3 is 16.9 Å². The van der Waals surface area contributed by atoms with Crippen molar-refractivity contribution in [1.29, 1.82) is 0 Å². The van der Waals surface area contributed by atoms with Gasteiger partial charge in [0.2, 0.25) is 0 Å². The molecule has 1 aliphatic rings. The van der Waals surface area contributed by atoms with Crippen molar-refractivity contribution < 1.29 is 5.48 Å². The van der Waals surface area contributed by atoms with Crippen molar-refractivity contribution in [2.75, 3.05) is 6.54 Å². The van der Waals surface area contributed by atoms with Crippen molar-refractivity contribution in [2.45, 2.75) is 46.1 Å². The van der Waals surface area contributed by atoms with Crippen LogP contribution in [0.1, 0.15) is 40.5 Å². The van der Waals surface area contributed by atoms with Gasteiger partial charge in [-0.1, -0.05) is 13.8 Å². The van der Waals surface area contributed by atoms with Gasteiger partial charge in [0.1, 0.15) is 0 Å². The van der Waals surface area contributed by atoms with Gasteiger partial charge in [-0.15, -0.1) is 0 Å². The highest BCUT2D eigenvalue weighted by Gasteiger charge is 2.32. The third-order valence-electron chi connectivity index (χ3n) is 2.33. The average molecular weight is 176 g/mol. The van der Waals surface area contributed by atoms with Crippen LogP contribution in [0, 0.1) is 5.41 Å². The molecule has 0 spiro atoms. The minimum Gasteiger partial charge on any atom is -0.412 e. The Bertz CT molecular complexity index is 118. The normalized spacial score (nSPS) is 25.0. The van der Waals surface area contributed by atoms with E-state index in [4.69, 9.17) is 0 Å². The zero-order chi connectivity index (χ0) is 7.83. The number of rotatable bonds is 0. The molecule has 1 aliphatic heterocycles. The SMILES string of the molecule is CC1(C)CCNC(C)(C)C1.N.O. The van der Waals surface area contributed by atoms with Crippen molar-refractivity contribution in [2.24, 2.45) is 5.41 Å². The summed E-state index contributed by atoms with van der Waals surface area (Å²) in [5.74, 6) is 0. The van der Waals surface area contributed by atoms with Crippen molar-refractivity contribution in [3.05, 3.63) is 0 Å². The highest BCUT2D eigenvalue weighted by atomic mass is 16.0. The standard InChI is InChI=1S/C9H19N.H3N.H2O/c1-8(2)5-6-10-9(3,4)7-8;;/h10H,5-7H2,1-4H3;1H3;1H2. The average Bonchev–Trinajstić information content (AvgIpc) is 1.56. The number of nitrogens with one attached hydrogen (secondary N) is 1. The van der Waals surface area contributed by atoms with Gasteiger partial charge in [-0.05, 0) is 38.6 Å². The Labute approximate surface area is 75.8 Å². The summed E-state index contributed by atoms with van der Waals surface area (Å²) in [6.07, 6.45) is 2.61. The largest absolute Gasteiger partial charge is 0.412 e. The molecule has 12 heavy (non-hydrogen) atoms. The Kier molecular flexibility index (Phi) is 5.06. The van der Waals surface area contributed by atoms with E-state index >= 15 is 0 Å². The molecule has 3 heteroatoms. The molecule has 0 atom stereocenters. The van der Waals surface area contributed by atoms with Crippen LogP contribution in [0.2, 0.25) is 0 Å². The molecule has 3 nitrogen and oxygen atoms in total. The molecule has 0 aromatic carbocycles. The molecule has 0 saturated carbocycles. The van der Waals surface area contributed by atoms with Crippen LogP contribution in [0.3, 0.4) is 0 Å². The van der Waals surface area contributed by atoms with Gasteiger partial charge in [0, 0.05) is 5.54 Å². The number of piperidine rings is 1. The lowest BCUT2D eigenvalue weighted by Crippen LogP contribution is -2.48. The molecule has 1 heterocycles. The lowest BCUT2D eigenvalue weighted by molar-refractivity contribution is 0.157. The predicted octanol–water partition coefficient (Wildman–Crippen LogP) is 1.51.